The molecule has 0 unspecified atom stereocenters. The first kappa shape index (κ1) is 24.6. The van der Waals surface area contributed by atoms with Crippen molar-refractivity contribution in [1.82, 2.24) is 0 Å². The molecule has 1 N–H and O–H groups in total. The van der Waals surface area contributed by atoms with Crippen LogP contribution in [0.25, 0.3) is 0 Å². The van der Waals surface area contributed by atoms with Crippen LogP contribution in [0.1, 0.15) is 17.3 Å². The van der Waals surface area contributed by atoms with Crippen LogP contribution in [0, 0.1) is 0 Å². The van der Waals surface area contributed by atoms with Crippen molar-refractivity contribution in [2.45, 2.75) is 6.92 Å². The number of nitrogens with one attached hydrogen (secondary N) is 1. The quantitative estimate of drug-likeness (QED) is 0.227. The average Bonchev–Trinajstić information content (AvgIpc) is 3.06. The predicted molar refractivity (Wildman–Crippen MR) is 134 cm³/mol. The highest BCUT2D eigenvalue weighted by molar-refractivity contribution is 6.54. The number of halogens is 3. The van der Waals surface area contributed by atoms with E-state index in [-0.39, 0.29) is 32.0 Å². The second-order valence-corrected chi connectivity index (χ2v) is 8.34. The second-order valence-electron chi connectivity index (χ2n) is 7.18. The first-order valence-corrected chi connectivity index (χ1v) is 11.5. The minimum Gasteiger partial charge on any atom is -0.490 e. The van der Waals surface area contributed by atoms with Crippen molar-refractivity contribution in [2.24, 2.45) is 0 Å². The molecule has 0 aromatic heterocycles. The number of ether oxygens (including phenoxy) is 2. The van der Waals surface area contributed by atoms with E-state index in [0.29, 0.717) is 23.8 Å². The maximum absolute atomic E-state index is 13.0. The van der Waals surface area contributed by atoms with Gasteiger partial charge in [0, 0.05) is 5.69 Å². The minimum absolute atomic E-state index is 0.0513. The molecular formula is C25H17Cl3N2O5. The number of hydrogen-bond acceptors (Lipinski definition) is 6. The summed E-state index contributed by atoms with van der Waals surface area (Å²) in [4.78, 5) is 39.1. The van der Waals surface area contributed by atoms with Crippen LogP contribution in [-0.2, 0) is 9.59 Å². The average molecular weight is 532 g/mol. The van der Waals surface area contributed by atoms with Gasteiger partial charge in [-0.2, -0.15) is 0 Å². The Morgan fingerprint density at radius 2 is 1.57 bits per heavy atom. The van der Waals surface area contributed by atoms with Crippen LogP contribution in [0.4, 0.5) is 11.4 Å². The van der Waals surface area contributed by atoms with Crippen molar-refractivity contribution in [2.75, 3.05) is 16.8 Å². The van der Waals surface area contributed by atoms with Gasteiger partial charge in [-0.1, -0.05) is 53.0 Å². The molecule has 0 aliphatic carbocycles. The zero-order valence-corrected chi connectivity index (χ0v) is 20.4. The highest BCUT2D eigenvalue weighted by Crippen LogP contribution is 2.37. The first-order valence-electron chi connectivity index (χ1n) is 10.4. The molecule has 10 heteroatoms. The number of carbonyl (C=O) groups excluding carboxylic acids is 3. The summed E-state index contributed by atoms with van der Waals surface area (Å²) >= 11 is 18.4. The summed E-state index contributed by atoms with van der Waals surface area (Å²) in [5.74, 6) is -1.27. The predicted octanol–water partition coefficient (Wildman–Crippen LogP) is 6.05. The molecule has 3 aromatic rings. The molecule has 35 heavy (non-hydrogen) atoms. The van der Waals surface area contributed by atoms with Crippen molar-refractivity contribution in [3.63, 3.8) is 0 Å². The maximum atomic E-state index is 13.0. The van der Waals surface area contributed by atoms with Crippen LogP contribution < -0.4 is 19.7 Å². The molecule has 3 aromatic carbocycles. The SMILES string of the molecule is CCOc1ccccc1OC(=O)c1ccc(NC2=C(Cl)C(=O)N(c3cccc(Cl)c3Cl)C2=O)cc1. The van der Waals surface area contributed by atoms with Crippen LogP contribution in [0.15, 0.2) is 77.5 Å². The van der Waals surface area contributed by atoms with Gasteiger partial charge < -0.3 is 14.8 Å². The van der Waals surface area contributed by atoms with Crippen LogP contribution in [0.5, 0.6) is 11.5 Å². The van der Waals surface area contributed by atoms with Gasteiger partial charge in [-0.15, -0.1) is 0 Å². The largest absolute Gasteiger partial charge is 0.490 e. The summed E-state index contributed by atoms with van der Waals surface area (Å²) in [6.45, 7) is 2.26. The molecule has 2 amide bonds. The van der Waals surface area contributed by atoms with Gasteiger partial charge in [0.05, 0.1) is 27.9 Å². The molecule has 1 aliphatic rings. The van der Waals surface area contributed by atoms with Crippen LogP contribution in [0.3, 0.4) is 0 Å². The smallest absolute Gasteiger partial charge is 0.343 e. The molecule has 0 spiro atoms. The third-order valence-electron chi connectivity index (χ3n) is 4.94. The Morgan fingerprint density at radius 1 is 0.886 bits per heavy atom. The maximum Gasteiger partial charge on any atom is 0.343 e. The van der Waals surface area contributed by atoms with Gasteiger partial charge in [-0.05, 0) is 55.5 Å². The van der Waals surface area contributed by atoms with Crippen molar-refractivity contribution in [3.8, 4) is 11.5 Å². The Kier molecular flexibility index (Phi) is 7.31. The van der Waals surface area contributed by atoms with Crippen molar-refractivity contribution >= 4 is 64.0 Å². The van der Waals surface area contributed by atoms with Gasteiger partial charge in [0.15, 0.2) is 11.5 Å². The molecule has 1 heterocycles. The zero-order chi connectivity index (χ0) is 25.1. The number of benzene rings is 3. The van der Waals surface area contributed by atoms with Crippen LogP contribution in [-0.4, -0.2) is 24.4 Å². The van der Waals surface area contributed by atoms with Crippen molar-refractivity contribution in [1.29, 1.82) is 0 Å². The monoisotopic (exact) mass is 530 g/mol. The standard InChI is InChI=1S/C25H17Cl3N2O5/c1-2-34-18-8-3-4-9-19(18)35-25(33)14-10-12-15(13-11-14)29-22-21(28)23(31)30(24(22)32)17-7-5-6-16(26)20(17)27/h3-13,29H,2H2,1H3. The van der Waals surface area contributed by atoms with Crippen molar-refractivity contribution in [3.05, 3.63) is 93.1 Å². The molecule has 7 nitrogen and oxygen atoms in total. The Hall–Kier alpha value is -3.52. The topological polar surface area (TPSA) is 84.9 Å². The summed E-state index contributed by atoms with van der Waals surface area (Å²) in [6.07, 6.45) is 0. The van der Waals surface area contributed by atoms with Gasteiger partial charge in [0.25, 0.3) is 11.8 Å². The van der Waals surface area contributed by atoms with Gasteiger partial charge in [-0.3, -0.25) is 9.59 Å². The van der Waals surface area contributed by atoms with E-state index >= 15 is 0 Å². The minimum atomic E-state index is -0.739. The van der Waals surface area contributed by atoms with E-state index in [9.17, 15) is 14.4 Å². The number of nitrogens with zero attached hydrogens (tertiary/aromatic N) is 1. The molecule has 0 radical (unpaired) electrons. The molecule has 4 rings (SSSR count). The summed E-state index contributed by atoms with van der Waals surface area (Å²) in [5.41, 5.74) is 0.677. The van der Waals surface area contributed by atoms with Gasteiger partial charge in [-0.25, -0.2) is 9.69 Å². The third-order valence-corrected chi connectivity index (χ3v) is 6.10. The summed E-state index contributed by atoms with van der Waals surface area (Å²) < 4.78 is 10.9. The fraction of sp³-hybridized carbons (Fsp3) is 0.0800. The fourth-order valence-electron chi connectivity index (χ4n) is 3.30. The van der Waals surface area contributed by atoms with E-state index < -0.39 is 17.8 Å². The third kappa shape index (κ3) is 4.98. The van der Waals surface area contributed by atoms with Gasteiger partial charge in [0.1, 0.15) is 10.7 Å². The molecule has 1 aliphatic heterocycles. The fourth-order valence-corrected chi connectivity index (χ4v) is 3.89. The van der Waals surface area contributed by atoms with E-state index in [0.717, 1.165) is 4.90 Å². The second kappa shape index (κ2) is 10.4. The lowest BCUT2D eigenvalue weighted by Gasteiger charge is -2.17. The number of rotatable bonds is 7. The zero-order valence-electron chi connectivity index (χ0n) is 18.2. The normalized spacial score (nSPS) is 13.3. The Bertz CT molecular complexity index is 1360. The number of para-hydroxylation sites is 2. The number of imide groups is 1. The lowest BCUT2D eigenvalue weighted by Crippen LogP contribution is -2.32. The molecule has 0 saturated carbocycles. The highest BCUT2D eigenvalue weighted by Gasteiger charge is 2.40. The van der Waals surface area contributed by atoms with E-state index in [1.165, 1.54) is 24.3 Å². The van der Waals surface area contributed by atoms with Gasteiger partial charge in [0.2, 0.25) is 0 Å². The molecule has 178 valence electrons. The molecule has 0 bridgehead atoms. The molecule has 0 atom stereocenters. The summed E-state index contributed by atoms with van der Waals surface area (Å²) in [5, 5.41) is 2.77. The number of anilines is 2. The molecular weight excluding hydrogens is 515 g/mol. The number of hydrogen-bond donors (Lipinski definition) is 1. The first-order chi connectivity index (χ1) is 16.8. The van der Waals surface area contributed by atoms with E-state index in [1.54, 1.807) is 42.5 Å². The number of amides is 2. The molecule has 0 fully saturated rings. The van der Waals surface area contributed by atoms with Gasteiger partial charge >= 0.3 is 5.97 Å². The van der Waals surface area contributed by atoms with Crippen LogP contribution >= 0.6 is 34.8 Å². The lowest BCUT2D eigenvalue weighted by molar-refractivity contribution is -0.120. The van der Waals surface area contributed by atoms with Crippen molar-refractivity contribution < 1.29 is 23.9 Å². The van der Waals surface area contributed by atoms with Crippen LogP contribution in [0.2, 0.25) is 10.0 Å². The lowest BCUT2D eigenvalue weighted by atomic mass is 10.2. The summed E-state index contributed by atoms with van der Waals surface area (Å²) in [6, 6.07) is 17.6. The van der Waals surface area contributed by atoms with E-state index in [2.05, 4.69) is 5.32 Å². The Labute approximate surface area is 215 Å². The Morgan fingerprint density at radius 3 is 2.26 bits per heavy atom. The molecule has 0 saturated heterocycles. The summed E-state index contributed by atoms with van der Waals surface area (Å²) in [7, 11) is 0. The Balaban J connectivity index is 1.50. The number of carbonyl (C=O) groups is 3. The highest BCUT2D eigenvalue weighted by atomic mass is 35.5. The van der Waals surface area contributed by atoms with E-state index in [4.69, 9.17) is 44.3 Å². The number of esters is 1. The van der Waals surface area contributed by atoms with E-state index in [1.807, 2.05) is 6.92 Å².